The largest absolute Gasteiger partial charge is 0.497 e. The van der Waals surface area contributed by atoms with Gasteiger partial charge in [-0.25, -0.2) is 4.39 Å². The molecular formula is C34H50FN3O. The Kier molecular flexibility index (Phi) is 16.1. The molecule has 0 saturated carbocycles. The van der Waals surface area contributed by atoms with Crippen LogP contribution in [0, 0.1) is 17.1 Å². The normalized spacial score (nSPS) is 13.7. The average Bonchev–Trinajstić information content (AvgIpc) is 2.96. The monoisotopic (exact) mass is 535 g/mol. The quantitative estimate of drug-likeness (QED) is 0.118. The highest BCUT2D eigenvalue weighted by molar-refractivity contribution is 5.33. The first-order chi connectivity index (χ1) is 19.1. The van der Waals surface area contributed by atoms with E-state index in [0.29, 0.717) is 6.42 Å². The Morgan fingerprint density at radius 3 is 2.18 bits per heavy atom. The minimum atomic E-state index is -0.664. The minimum Gasteiger partial charge on any atom is -0.497 e. The van der Waals surface area contributed by atoms with Crippen molar-refractivity contribution in [3.8, 4) is 11.8 Å². The van der Waals surface area contributed by atoms with Crippen LogP contribution in [-0.4, -0.2) is 20.2 Å². The van der Waals surface area contributed by atoms with Crippen LogP contribution in [0.3, 0.4) is 0 Å². The topological polar surface area (TPSA) is 57.7 Å². The third-order valence-corrected chi connectivity index (χ3v) is 7.87. The molecule has 0 aliphatic rings. The fourth-order valence-corrected chi connectivity index (χ4v) is 5.51. The number of unbranched alkanes of at least 4 members (excludes halogenated alkanes) is 9. The minimum absolute atomic E-state index is 0.0995. The van der Waals surface area contributed by atoms with E-state index in [1.807, 2.05) is 18.2 Å². The second-order valence-electron chi connectivity index (χ2n) is 10.9. The number of azo groups is 1. The van der Waals surface area contributed by atoms with Gasteiger partial charge in [0.1, 0.15) is 11.6 Å². The number of hydrogen-bond donors (Lipinski definition) is 0. The molecule has 39 heavy (non-hydrogen) atoms. The molecule has 0 saturated heterocycles. The third kappa shape index (κ3) is 12.3. The van der Waals surface area contributed by atoms with Crippen LogP contribution < -0.4 is 4.74 Å². The fourth-order valence-electron chi connectivity index (χ4n) is 5.51. The van der Waals surface area contributed by atoms with Crippen molar-refractivity contribution >= 4 is 0 Å². The SMILES string of the molecule is CCCCCCCCCCCCC(C#N)(CCCC(CCc1cccc(OC)c1)/N=N/C)c1cccc(F)c1. The number of halogens is 1. The van der Waals surface area contributed by atoms with E-state index in [4.69, 9.17) is 4.74 Å². The van der Waals surface area contributed by atoms with Crippen molar-refractivity contribution in [3.63, 3.8) is 0 Å². The lowest BCUT2D eigenvalue weighted by Gasteiger charge is -2.28. The van der Waals surface area contributed by atoms with Crippen molar-refractivity contribution in [1.82, 2.24) is 0 Å². The van der Waals surface area contributed by atoms with E-state index in [0.717, 1.165) is 56.3 Å². The molecule has 0 radical (unpaired) electrons. The van der Waals surface area contributed by atoms with E-state index >= 15 is 0 Å². The molecule has 2 atom stereocenters. The Balaban J connectivity index is 1.92. The fraction of sp³-hybridized carbons (Fsp3) is 0.618. The number of hydrogen-bond acceptors (Lipinski definition) is 4. The summed E-state index contributed by atoms with van der Waals surface area (Å²) in [6.45, 7) is 2.25. The molecule has 5 heteroatoms. The molecule has 0 aliphatic heterocycles. The predicted octanol–water partition coefficient (Wildman–Crippen LogP) is 10.2. The van der Waals surface area contributed by atoms with Gasteiger partial charge in [-0.1, -0.05) is 95.4 Å². The Bertz CT molecular complexity index is 1000. The van der Waals surface area contributed by atoms with E-state index in [1.165, 1.54) is 63.0 Å². The molecule has 2 aromatic carbocycles. The number of nitriles is 1. The number of methoxy groups -OCH3 is 1. The van der Waals surface area contributed by atoms with Crippen molar-refractivity contribution < 1.29 is 9.13 Å². The van der Waals surface area contributed by atoms with Crippen LogP contribution in [0.5, 0.6) is 5.75 Å². The molecule has 0 aliphatic carbocycles. The molecule has 214 valence electrons. The summed E-state index contributed by atoms with van der Waals surface area (Å²) in [5, 5.41) is 19.0. The van der Waals surface area contributed by atoms with E-state index < -0.39 is 5.41 Å². The third-order valence-electron chi connectivity index (χ3n) is 7.87. The molecule has 0 N–H and O–H groups in total. The number of benzene rings is 2. The Hall–Kier alpha value is -2.74. The van der Waals surface area contributed by atoms with Gasteiger partial charge in [0.25, 0.3) is 0 Å². The van der Waals surface area contributed by atoms with Crippen LogP contribution in [0.25, 0.3) is 0 Å². The molecule has 0 fully saturated rings. The molecule has 0 bridgehead atoms. The van der Waals surface area contributed by atoms with Crippen molar-refractivity contribution in [2.45, 2.75) is 121 Å². The number of ether oxygens (including phenoxy) is 1. The van der Waals surface area contributed by atoms with Gasteiger partial charge in [0.15, 0.2) is 0 Å². The van der Waals surface area contributed by atoms with E-state index in [9.17, 15) is 9.65 Å². The lowest BCUT2D eigenvalue weighted by molar-refractivity contribution is 0.398. The van der Waals surface area contributed by atoms with Crippen molar-refractivity contribution in [2.24, 2.45) is 10.2 Å². The molecular weight excluding hydrogens is 485 g/mol. The highest BCUT2D eigenvalue weighted by Crippen LogP contribution is 2.36. The van der Waals surface area contributed by atoms with Gasteiger partial charge >= 0.3 is 0 Å². The molecule has 2 aromatic rings. The zero-order chi connectivity index (χ0) is 28.2. The first-order valence-electron chi connectivity index (χ1n) is 15.2. The zero-order valence-electron chi connectivity index (χ0n) is 24.6. The summed E-state index contributed by atoms with van der Waals surface area (Å²) in [4.78, 5) is 0. The maximum Gasteiger partial charge on any atom is 0.123 e. The molecule has 4 nitrogen and oxygen atoms in total. The Labute approximate surface area is 237 Å². The van der Waals surface area contributed by atoms with Gasteiger partial charge in [0.05, 0.1) is 24.6 Å². The summed E-state index contributed by atoms with van der Waals surface area (Å²) in [5.41, 5.74) is 1.37. The Morgan fingerprint density at radius 1 is 0.872 bits per heavy atom. The van der Waals surface area contributed by atoms with Gasteiger partial charge in [0, 0.05) is 7.05 Å². The maximum atomic E-state index is 14.2. The van der Waals surface area contributed by atoms with Crippen molar-refractivity contribution in [3.05, 3.63) is 65.5 Å². The lowest BCUT2D eigenvalue weighted by atomic mass is 9.73. The summed E-state index contributed by atoms with van der Waals surface area (Å²) in [5.74, 6) is 0.591. The van der Waals surface area contributed by atoms with Gasteiger partial charge in [-0.15, -0.1) is 0 Å². The second kappa shape index (κ2) is 19.3. The summed E-state index contributed by atoms with van der Waals surface area (Å²) < 4.78 is 19.5. The number of aryl methyl sites for hydroxylation is 1. The second-order valence-corrected chi connectivity index (χ2v) is 10.9. The molecule has 0 amide bonds. The van der Waals surface area contributed by atoms with Gasteiger partial charge in [-0.3, -0.25) is 0 Å². The van der Waals surface area contributed by atoms with Crippen LogP contribution in [0.15, 0.2) is 58.8 Å². The van der Waals surface area contributed by atoms with Crippen LogP contribution in [0.1, 0.15) is 114 Å². The highest BCUT2D eigenvalue weighted by atomic mass is 19.1. The van der Waals surface area contributed by atoms with E-state index in [1.54, 1.807) is 26.3 Å². The highest BCUT2D eigenvalue weighted by Gasteiger charge is 2.32. The summed E-state index contributed by atoms with van der Waals surface area (Å²) >= 11 is 0. The van der Waals surface area contributed by atoms with Crippen molar-refractivity contribution in [2.75, 3.05) is 14.2 Å². The van der Waals surface area contributed by atoms with Gasteiger partial charge < -0.3 is 4.74 Å². The molecule has 2 rings (SSSR count). The summed E-state index contributed by atoms with van der Waals surface area (Å²) in [6, 6.07) is 17.6. The first-order valence-corrected chi connectivity index (χ1v) is 15.2. The first kappa shape index (κ1) is 32.5. The van der Waals surface area contributed by atoms with Crippen LogP contribution in [0.2, 0.25) is 0 Å². The molecule has 0 spiro atoms. The number of nitrogens with zero attached hydrogens (tertiary/aromatic N) is 3. The molecule has 0 aromatic heterocycles. The van der Waals surface area contributed by atoms with Crippen LogP contribution in [0.4, 0.5) is 4.39 Å². The molecule has 0 heterocycles. The zero-order valence-corrected chi connectivity index (χ0v) is 24.6. The number of rotatable bonds is 21. The van der Waals surface area contributed by atoms with E-state index in [2.05, 4.69) is 35.4 Å². The maximum absolute atomic E-state index is 14.2. The lowest BCUT2D eigenvalue weighted by Crippen LogP contribution is -2.25. The summed E-state index contributed by atoms with van der Waals surface area (Å²) in [7, 11) is 3.40. The predicted molar refractivity (Wildman–Crippen MR) is 160 cm³/mol. The molecule has 2 unspecified atom stereocenters. The van der Waals surface area contributed by atoms with Gasteiger partial charge in [-0.2, -0.15) is 15.5 Å². The van der Waals surface area contributed by atoms with Crippen LogP contribution in [-0.2, 0) is 11.8 Å². The Morgan fingerprint density at radius 2 is 1.54 bits per heavy atom. The van der Waals surface area contributed by atoms with E-state index in [-0.39, 0.29) is 11.9 Å². The van der Waals surface area contributed by atoms with Gasteiger partial charge in [0.2, 0.25) is 0 Å². The van der Waals surface area contributed by atoms with Crippen LogP contribution >= 0.6 is 0 Å². The van der Waals surface area contributed by atoms with Gasteiger partial charge in [-0.05, 0) is 73.9 Å². The standard InChI is InChI=1S/C34H50FN3O/c1-4-5-6-7-8-9-10-11-12-13-24-34(28-36,30-18-15-19-31(35)27-30)25-16-20-32(38-37-2)23-22-29-17-14-21-33(26-29)39-3/h14-15,17-19,21,26-27,32H,4-13,16,20,22-25H2,1-3H3/b38-37+. The van der Waals surface area contributed by atoms with Crippen molar-refractivity contribution in [1.29, 1.82) is 5.26 Å². The smallest absolute Gasteiger partial charge is 0.123 e. The average molecular weight is 536 g/mol. The summed E-state index contributed by atoms with van der Waals surface area (Å²) in [6.07, 6.45) is 17.6.